The number of carbonyl (C=O) groups is 2. The highest BCUT2D eigenvalue weighted by atomic mass is 35.5. The largest absolute Gasteiger partial charge is 0.491 e. The molecule has 160 valence electrons. The van der Waals surface area contributed by atoms with Crippen molar-refractivity contribution in [1.82, 2.24) is 16.2 Å². The lowest BCUT2D eigenvalue weighted by Crippen LogP contribution is -2.49. The van der Waals surface area contributed by atoms with Crippen molar-refractivity contribution < 1.29 is 19.1 Å². The van der Waals surface area contributed by atoms with Gasteiger partial charge in [0.1, 0.15) is 11.5 Å². The standard InChI is InChI=1S/C21H24ClN3O4S/c1-12(2)29-16-7-5-6-15(10-16)20(27)23-21(30)25-24-18(26)11-28-17-8-13(3)19(22)14(4)9-17/h5-10,12H,11H2,1-4H3,(H,24,26)(H2,23,25,27,30). The molecule has 2 amide bonds. The smallest absolute Gasteiger partial charge is 0.276 e. The van der Waals surface area contributed by atoms with Crippen LogP contribution in [0.25, 0.3) is 0 Å². The number of carbonyl (C=O) groups excluding carboxylic acids is 2. The highest BCUT2D eigenvalue weighted by Gasteiger charge is 2.11. The Morgan fingerprint density at radius 2 is 1.73 bits per heavy atom. The number of benzene rings is 2. The molecule has 3 N–H and O–H groups in total. The fourth-order valence-corrected chi connectivity index (χ4v) is 2.74. The number of nitrogens with one attached hydrogen (secondary N) is 3. The van der Waals surface area contributed by atoms with Gasteiger partial charge in [-0.25, -0.2) is 0 Å². The van der Waals surface area contributed by atoms with Gasteiger partial charge in [-0.2, -0.15) is 0 Å². The van der Waals surface area contributed by atoms with Crippen LogP contribution >= 0.6 is 23.8 Å². The number of hydrogen-bond donors (Lipinski definition) is 3. The third-order valence-electron chi connectivity index (χ3n) is 3.79. The van der Waals surface area contributed by atoms with E-state index in [1.807, 2.05) is 27.7 Å². The second-order valence-corrected chi connectivity index (χ2v) is 7.60. The first-order chi connectivity index (χ1) is 14.2. The Balaban J connectivity index is 1.80. The first kappa shape index (κ1) is 23.4. The molecule has 2 aromatic rings. The molecule has 0 fully saturated rings. The topological polar surface area (TPSA) is 88.7 Å². The molecule has 0 spiro atoms. The van der Waals surface area contributed by atoms with Gasteiger partial charge in [0, 0.05) is 10.6 Å². The van der Waals surface area contributed by atoms with Crippen molar-refractivity contribution in [2.75, 3.05) is 6.61 Å². The van der Waals surface area contributed by atoms with E-state index in [0.29, 0.717) is 22.1 Å². The van der Waals surface area contributed by atoms with E-state index >= 15 is 0 Å². The quantitative estimate of drug-likeness (QED) is 0.462. The Labute approximate surface area is 186 Å². The van der Waals surface area contributed by atoms with Crippen LogP contribution in [0.1, 0.15) is 35.3 Å². The normalized spacial score (nSPS) is 10.3. The second kappa shape index (κ2) is 10.8. The Hall–Kier alpha value is -2.84. The van der Waals surface area contributed by atoms with Gasteiger partial charge in [-0.15, -0.1) is 0 Å². The summed E-state index contributed by atoms with van der Waals surface area (Å²) >= 11 is 11.1. The lowest BCUT2D eigenvalue weighted by molar-refractivity contribution is -0.123. The maximum Gasteiger partial charge on any atom is 0.276 e. The van der Waals surface area contributed by atoms with Gasteiger partial charge in [0.25, 0.3) is 11.8 Å². The van der Waals surface area contributed by atoms with Crippen molar-refractivity contribution in [3.05, 3.63) is 58.1 Å². The molecule has 0 radical (unpaired) electrons. The number of amides is 2. The van der Waals surface area contributed by atoms with Crippen LogP contribution in [0.4, 0.5) is 0 Å². The van der Waals surface area contributed by atoms with E-state index < -0.39 is 11.8 Å². The Morgan fingerprint density at radius 3 is 2.37 bits per heavy atom. The highest BCUT2D eigenvalue weighted by Crippen LogP contribution is 2.25. The maximum absolute atomic E-state index is 12.3. The highest BCUT2D eigenvalue weighted by molar-refractivity contribution is 7.80. The van der Waals surface area contributed by atoms with Crippen molar-refractivity contribution in [1.29, 1.82) is 0 Å². The number of aryl methyl sites for hydroxylation is 2. The number of ether oxygens (including phenoxy) is 2. The fourth-order valence-electron chi connectivity index (χ4n) is 2.49. The van der Waals surface area contributed by atoms with Crippen molar-refractivity contribution in [2.24, 2.45) is 0 Å². The van der Waals surface area contributed by atoms with E-state index in [2.05, 4.69) is 16.2 Å². The zero-order valence-corrected chi connectivity index (χ0v) is 18.7. The maximum atomic E-state index is 12.3. The summed E-state index contributed by atoms with van der Waals surface area (Å²) in [5, 5.41) is 3.09. The Kier molecular flexibility index (Phi) is 8.44. The minimum atomic E-state index is -0.468. The number of halogens is 1. The van der Waals surface area contributed by atoms with E-state index in [9.17, 15) is 9.59 Å². The number of rotatable bonds is 6. The molecule has 0 bridgehead atoms. The molecule has 7 nitrogen and oxygen atoms in total. The van der Waals surface area contributed by atoms with Crippen molar-refractivity contribution in [3.8, 4) is 11.5 Å². The molecule has 0 atom stereocenters. The summed E-state index contributed by atoms with van der Waals surface area (Å²) in [6, 6.07) is 10.2. The molecule has 30 heavy (non-hydrogen) atoms. The monoisotopic (exact) mass is 449 g/mol. The van der Waals surface area contributed by atoms with E-state index in [1.165, 1.54) is 0 Å². The van der Waals surface area contributed by atoms with Gasteiger partial charge in [-0.3, -0.25) is 25.8 Å². The minimum absolute atomic E-state index is 0.0100. The first-order valence-electron chi connectivity index (χ1n) is 9.22. The molecule has 0 saturated heterocycles. The molecule has 0 saturated carbocycles. The molecular formula is C21H24ClN3O4S. The molecule has 0 heterocycles. The van der Waals surface area contributed by atoms with E-state index in [0.717, 1.165) is 11.1 Å². The summed E-state index contributed by atoms with van der Waals surface area (Å²) in [5.74, 6) is 0.210. The van der Waals surface area contributed by atoms with Crippen LogP contribution in [0.5, 0.6) is 11.5 Å². The first-order valence-corrected chi connectivity index (χ1v) is 10.0. The molecule has 2 aromatic carbocycles. The van der Waals surface area contributed by atoms with E-state index in [-0.39, 0.29) is 17.8 Å². The summed E-state index contributed by atoms with van der Waals surface area (Å²) in [7, 11) is 0. The van der Waals surface area contributed by atoms with Gasteiger partial charge in [-0.1, -0.05) is 17.7 Å². The van der Waals surface area contributed by atoms with Crippen LogP contribution < -0.4 is 25.6 Å². The molecule has 0 aliphatic rings. The third kappa shape index (κ3) is 7.20. The van der Waals surface area contributed by atoms with Crippen molar-refractivity contribution in [3.63, 3.8) is 0 Å². The summed E-state index contributed by atoms with van der Waals surface area (Å²) < 4.78 is 11.0. The van der Waals surface area contributed by atoms with Crippen LogP contribution in [0.3, 0.4) is 0 Å². The van der Waals surface area contributed by atoms with Crippen LogP contribution in [0.2, 0.25) is 5.02 Å². The predicted molar refractivity (Wildman–Crippen MR) is 120 cm³/mol. The summed E-state index contributed by atoms with van der Waals surface area (Å²) in [5.41, 5.74) is 6.92. The van der Waals surface area contributed by atoms with Crippen LogP contribution in [-0.4, -0.2) is 29.6 Å². The van der Waals surface area contributed by atoms with Gasteiger partial charge in [0.2, 0.25) is 0 Å². The third-order valence-corrected chi connectivity index (χ3v) is 4.59. The van der Waals surface area contributed by atoms with Crippen LogP contribution in [-0.2, 0) is 4.79 Å². The SMILES string of the molecule is Cc1cc(OCC(=O)NNC(=S)NC(=O)c2cccc(OC(C)C)c2)cc(C)c1Cl. The molecule has 0 aromatic heterocycles. The van der Waals surface area contributed by atoms with Gasteiger partial charge in [-0.05, 0) is 81.4 Å². The van der Waals surface area contributed by atoms with Crippen LogP contribution in [0.15, 0.2) is 36.4 Å². The average Bonchev–Trinajstić information content (AvgIpc) is 2.68. The number of hydrazine groups is 1. The molecule has 0 aliphatic heterocycles. The lowest BCUT2D eigenvalue weighted by atomic mass is 10.1. The van der Waals surface area contributed by atoms with Crippen molar-refractivity contribution in [2.45, 2.75) is 33.8 Å². The van der Waals surface area contributed by atoms with Gasteiger partial charge in [0.05, 0.1) is 6.10 Å². The molecule has 0 unspecified atom stereocenters. The van der Waals surface area contributed by atoms with Crippen molar-refractivity contribution >= 4 is 40.7 Å². The fraction of sp³-hybridized carbons (Fsp3) is 0.286. The van der Waals surface area contributed by atoms with E-state index in [1.54, 1.807) is 36.4 Å². The zero-order chi connectivity index (χ0) is 22.3. The zero-order valence-electron chi connectivity index (χ0n) is 17.2. The summed E-state index contributed by atoms with van der Waals surface area (Å²) in [6.07, 6.45) is -0.0100. The molecule has 0 aliphatic carbocycles. The van der Waals surface area contributed by atoms with E-state index in [4.69, 9.17) is 33.3 Å². The summed E-state index contributed by atoms with van der Waals surface area (Å²) in [4.78, 5) is 24.2. The second-order valence-electron chi connectivity index (χ2n) is 6.81. The summed E-state index contributed by atoms with van der Waals surface area (Å²) in [6.45, 7) is 7.27. The predicted octanol–water partition coefficient (Wildman–Crippen LogP) is 3.46. The van der Waals surface area contributed by atoms with Gasteiger partial charge >= 0.3 is 0 Å². The van der Waals surface area contributed by atoms with Crippen LogP contribution in [0, 0.1) is 13.8 Å². The van der Waals surface area contributed by atoms with Gasteiger partial charge < -0.3 is 9.47 Å². The Bertz CT molecular complexity index is 927. The number of hydrogen-bond acceptors (Lipinski definition) is 5. The average molecular weight is 450 g/mol. The molecule has 2 rings (SSSR count). The number of thiocarbonyl (C=S) groups is 1. The molecule has 9 heteroatoms. The minimum Gasteiger partial charge on any atom is -0.491 e. The molecular weight excluding hydrogens is 426 g/mol. The Morgan fingerprint density at radius 1 is 1.07 bits per heavy atom. The van der Waals surface area contributed by atoms with Gasteiger partial charge in [0.15, 0.2) is 11.7 Å². The lowest BCUT2D eigenvalue weighted by Gasteiger charge is -2.13.